The third kappa shape index (κ3) is 15.1. The molecule has 85 heavy (non-hydrogen) atoms. The predicted octanol–water partition coefficient (Wildman–Crippen LogP) is 20.9. The summed E-state index contributed by atoms with van der Waals surface area (Å²) in [4.78, 5) is 16.6. The van der Waals surface area contributed by atoms with Gasteiger partial charge in [-0.15, -0.1) is 0 Å². The highest BCUT2D eigenvalue weighted by atomic mass is 35.5. The van der Waals surface area contributed by atoms with Gasteiger partial charge in [0, 0.05) is 76.0 Å². The molecule has 0 amide bonds. The standard InChI is InChI=1S/C14H13NO.C13H14N2O.C13H16.C12H12ClN.C12H13N.C11H14N2/c1-9(2)10-3-4-13-11(7-10)12-8-15-6-5-14(12)16-13;1-9(2)10-3-4-11-12(7-10)16-8-13-14-5-6-15(11)13;1-9(2)12-7-11-5-4-10(3)6-13(11)8-12;1-8(2)9-3-4-10-6-12(13)14-7-11(10)5-9;1-9(2)11-4-3-10-5-6-13-8-12(10)7-11;1-7(2)9-4-5-11-10(6-9)8(3)12-13-11/h3-9H,1-2H3;3-7,9H,8H2,1-2H3;4-6,8-9H,7H2,1-3H3;3-8H,1-2H3;3-9H,1-2H3;4-7H,1-3H3,(H,12,13). The maximum Gasteiger partial charge on any atom is 0.151 e. The zero-order chi connectivity index (χ0) is 60.5. The SMILES string of the molecule is CC(C)c1ccc2c(c1)OCc1nccn1-2.CC(C)c1ccc2cc(Cl)ncc2c1.CC(C)c1ccc2ccncc2c1.CC(C)c1ccc2oc3ccncc3c2c1.Cc1[nH]nc2ccc(C(C)C)cc12.Cc1ccc2c(c1)C=C(C(C)C)C2. The summed E-state index contributed by atoms with van der Waals surface area (Å²) in [6.07, 6.45) is 16.5. The van der Waals surface area contributed by atoms with E-state index in [1.807, 2.05) is 61.4 Å². The van der Waals surface area contributed by atoms with Crippen molar-refractivity contribution < 1.29 is 9.15 Å². The molecule has 0 atom stereocenters. The monoisotopic (exact) mass is 1150 g/mol. The maximum absolute atomic E-state index is 5.81. The summed E-state index contributed by atoms with van der Waals surface area (Å²) in [5.41, 5.74) is 17.7. The number of hydrogen-bond acceptors (Lipinski definition) is 7. The first kappa shape index (κ1) is 61.2. The summed E-state index contributed by atoms with van der Waals surface area (Å²) in [7, 11) is 0. The van der Waals surface area contributed by atoms with Gasteiger partial charge < -0.3 is 9.15 Å². The van der Waals surface area contributed by atoms with Gasteiger partial charge in [0.2, 0.25) is 0 Å². The summed E-state index contributed by atoms with van der Waals surface area (Å²) in [6.45, 7) is 31.3. The van der Waals surface area contributed by atoms with E-state index >= 15 is 0 Å². The molecule has 14 rings (SSSR count). The first-order valence-electron chi connectivity index (χ1n) is 30.0. The average molecular weight is 1150 g/mol. The highest BCUT2D eigenvalue weighted by molar-refractivity contribution is 6.30. The van der Waals surface area contributed by atoms with Crippen LogP contribution in [0.25, 0.3) is 66.1 Å². The Bertz CT molecular complexity index is 4250. The summed E-state index contributed by atoms with van der Waals surface area (Å²) in [5, 5.41) is 16.0. The Morgan fingerprint density at radius 2 is 1.11 bits per heavy atom. The number of hydrogen-bond donors (Lipinski definition) is 1. The minimum atomic E-state index is 0.526. The first-order valence-corrected chi connectivity index (χ1v) is 30.4. The molecule has 12 aromatic rings. The molecular formula is C75H82ClN7O2. The van der Waals surface area contributed by atoms with Gasteiger partial charge in [0.25, 0.3) is 0 Å². The predicted molar refractivity (Wildman–Crippen MR) is 357 cm³/mol. The lowest BCUT2D eigenvalue weighted by atomic mass is 10.0. The minimum absolute atomic E-state index is 0.526. The number of imidazole rings is 1. The molecule has 10 heteroatoms. The minimum Gasteiger partial charge on any atom is -0.483 e. The lowest BCUT2D eigenvalue weighted by Gasteiger charge is -2.20. The molecule has 0 saturated carbocycles. The fraction of sp³-hybridized carbons (Fsp3) is 0.293. The summed E-state index contributed by atoms with van der Waals surface area (Å²) < 4.78 is 13.5. The summed E-state index contributed by atoms with van der Waals surface area (Å²) >= 11 is 5.81. The van der Waals surface area contributed by atoms with Crippen LogP contribution in [-0.2, 0) is 13.0 Å². The molecular weight excluding hydrogens is 1070 g/mol. The molecule has 0 fully saturated rings. The van der Waals surface area contributed by atoms with Gasteiger partial charge in [0.15, 0.2) is 5.82 Å². The first-order chi connectivity index (χ1) is 40.8. The largest absolute Gasteiger partial charge is 0.483 e. The van der Waals surface area contributed by atoms with Gasteiger partial charge in [-0.2, -0.15) is 5.10 Å². The molecule has 0 saturated heterocycles. The van der Waals surface area contributed by atoms with Crippen molar-refractivity contribution in [3.05, 3.63) is 238 Å². The Hall–Kier alpha value is -8.40. The Balaban J connectivity index is 0.000000122. The van der Waals surface area contributed by atoms with Crippen molar-refractivity contribution in [3.8, 4) is 11.4 Å². The Kier molecular flexibility index (Phi) is 19.8. The highest BCUT2D eigenvalue weighted by Gasteiger charge is 2.18. The molecule has 0 unspecified atom stereocenters. The average Bonchev–Trinajstić information content (AvgIpc) is 3.68. The number of aryl methyl sites for hydroxylation is 2. The molecule has 1 N–H and O–H groups in total. The van der Waals surface area contributed by atoms with Gasteiger partial charge >= 0.3 is 0 Å². The molecule has 2 aliphatic rings. The van der Waals surface area contributed by atoms with E-state index in [0.29, 0.717) is 47.3 Å². The number of furan rings is 1. The zero-order valence-electron chi connectivity index (χ0n) is 52.0. The van der Waals surface area contributed by atoms with Crippen molar-refractivity contribution in [1.82, 2.24) is 34.7 Å². The number of rotatable bonds is 6. The Morgan fingerprint density at radius 3 is 1.81 bits per heavy atom. The number of aromatic amines is 1. The van der Waals surface area contributed by atoms with E-state index in [0.717, 1.165) is 67.6 Å². The van der Waals surface area contributed by atoms with Crippen LogP contribution in [0.3, 0.4) is 0 Å². The van der Waals surface area contributed by atoms with Gasteiger partial charge in [-0.1, -0.05) is 173 Å². The molecule has 9 nitrogen and oxygen atoms in total. The third-order valence-corrected chi connectivity index (χ3v) is 16.1. The second kappa shape index (κ2) is 27.5. The van der Waals surface area contributed by atoms with E-state index in [-0.39, 0.29) is 0 Å². The van der Waals surface area contributed by atoms with Crippen LogP contribution in [0.2, 0.25) is 5.15 Å². The highest BCUT2D eigenvalue weighted by Crippen LogP contribution is 2.34. The fourth-order valence-corrected chi connectivity index (χ4v) is 10.5. The normalized spacial score (nSPS) is 12.2. The molecule has 7 heterocycles. The van der Waals surface area contributed by atoms with Crippen molar-refractivity contribution in [2.45, 2.75) is 140 Å². The van der Waals surface area contributed by atoms with Crippen LogP contribution in [0.5, 0.6) is 5.75 Å². The smallest absolute Gasteiger partial charge is 0.151 e. The third-order valence-electron chi connectivity index (χ3n) is 15.9. The van der Waals surface area contributed by atoms with Crippen LogP contribution in [0.4, 0.5) is 0 Å². The van der Waals surface area contributed by atoms with Gasteiger partial charge in [-0.25, -0.2) is 9.97 Å². The number of fused-ring (bicyclic) bond motifs is 10. The molecule has 6 aromatic carbocycles. The van der Waals surface area contributed by atoms with Crippen LogP contribution >= 0.6 is 11.6 Å². The molecule has 1 aliphatic carbocycles. The van der Waals surface area contributed by atoms with Crippen molar-refractivity contribution in [2.24, 2.45) is 5.92 Å². The van der Waals surface area contributed by atoms with E-state index in [9.17, 15) is 0 Å². The van der Waals surface area contributed by atoms with Gasteiger partial charge in [0.05, 0.1) is 11.2 Å². The van der Waals surface area contributed by atoms with E-state index in [4.69, 9.17) is 20.8 Å². The van der Waals surface area contributed by atoms with E-state index in [1.165, 1.54) is 60.7 Å². The van der Waals surface area contributed by atoms with E-state index in [1.54, 1.807) is 11.8 Å². The van der Waals surface area contributed by atoms with Crippen LogP contribution in [0.1, 0.15) is 169 Å². The maximum atomic E-state index is 5.81. The fourth-order valence-electron chi connectivity index (χ4n) is 10.3. The molecule has 1 aliphatic heterocycles. The zero-order valence-corrected chi connectivity index (χ0v) is 52.8. The Morgan fingerprint density at radius 1 is 0.506 bits per heavy atom. The number of nitrogens with one attached hydrogen (secondary N) is 1. The van der Waals surface area contributed by atoms with E-state index in [2.05, 4.69) is 241 Å². The number of halogens is 1. The summed E-state index contributed by atoms with van der Waals surface area (Å²) in [5.74, 6) is 5.39. The second-order valence-corrected chi connectivity index (χ2v) is 24.6. The van der Waals surface area contributed by atoms with Crippen molar-refractivity contribution in [2.75, 3.05) is 0 Å². The number of pyridine rings is 3. The molecule has 0 spiro atoms. The topological polar surface area (TPSA) is 108 Å². The lowest BCUT2D eigenvalue weighted by molar-refractivity contribution is 0.279. The van der Waals surface area contributed by atoms with Crippen molar-refractivity contribution >= 4 is 72.1 Å². The Labute approximate surface area is 507 Å². The lowest BCUT2D eigenvalue weighted by Crippen LogP contribution is -2.12. The number of allylic oxidation sites excluding steroid dienone is 1. The number of ether oxygens (including phenoxy) is 1. The van der Waals surface area contributed by atoms with Crippen LogP contribution in [0.15, 0.2) is 181 Å². The van der Waals surface area contributed by atoms with Crippen LogP contribution in [0, 0.1) is 19.8 Å². The van der Waals surface area contributed by atoms with Gasteiger partial charge in [-0.05, 0) is 172 Å². The molecule has 0 bridgehead atoms. The summed E-state index contributed by atoms with van der Waals surface area (Å²) in [6, 6.07) is 44.8. The van der Waals surface area contributed by atoms with E-state index < -0.39 is 0 Å². The number of H-pyrrole nitrogens is 1. The van der Waals surface area contributed by atoms with Crippen molar-refractivity contribution in [3.63, 3.8) is 0 Å². The second-order valence-electron chi connectivity index (χ2n) is 24.2. The number of nitrogens with zero attached hydrogens (tertiary/aromatic N) is 6. The van der Waals surface area contributed by atoms with Crippen LogP contribution in [-0.4, -0.2) is 34.7 Å². The van der Waals surface area contributed by atoms with Gasteiger partial charge in [-0.3, -0.25) is 19.6 Å². The molecule has 0 radical (unpaired) electrons. The number of benzene rings is 6. The molecule has 436 valence electrons. The van der Waals surface area contributed by atoms with Crippen molar-refractivity contribution in [1.29, 1.82) is 0 Å². The molecule has 6 aromatic heterocycles. The quantitative estimate of drug-likeness (QED) is 0.165. The number of aromatic nitrogens is 7. The van der Waals surface area contributed by atoms with Gasteiger partial charge in [0.1, 0.15) is 28.7 Å². The van der Waals surface area contributed by atoms with Crippen LogP contribution < -0.4 is 4.74 Å².